The second kappa shape index (κ2) is 23.5. The zero-order valence-corrected chi connectivity index (χ0v) is 50.2. The molecule has 11 aliphatic rings. The molecule has 86 heavy (non-hydrogen) atoms. The fraction of sp³-hybridized carbons (Fsp3) is 0.983. The van der Waals surface area contributed by atoms with Gasteiger partial charge in [-0.2, -0.15) is 0 Å². The minimum Gasteiger partial charge on any atom is -0.479 e. The van der Waals surface area contributed by atoms with E-state index in [0.717, 1.165) is 44.9 Å². The van der Waals surface area contributed by atoms with Crippen LogP contribution in [0.3, 0.4) is 0 Å². The van der Waals surface area contributed by atoms with Crippen molar-refractivity contribution in [2.24, 2.45) is 50.2 Å². The molecule has 27 nitrogen and oxygen atoms in total. The first-order chi connectivity index (χ1) is 40.3. The summed E-state index contributed by atoms with van der Waals surface area (Å²) in [4.78, 5) is 13.6. The quantitative estimate of drug-likeness (QED) is 0.0783. The zero-order valence-electron chi connectivity index (χ0n) is 50.2. The topological polar surface area (TPSA) is 422 Å². The van der Waals surface area contributed by atoms with Crippen LogP contribution in [0.25, 0.3) is 0 Å². The molecule has 5 aliphatic carbocycles. The summed E-state index contributed by atoms with van der Waals surface area (Å²) in [5, 5.41) is 166. The number of carboxylic acid groups (broad SMARTS) is 1. The number of hydrogen-bond donors (Lipinski definition) is 15. The Morgan fingerprint density at radius 3 is 1.64 bits per heavy atom. The van der Waals surface area contributed by atoms with Crippen LogP contribution < -0.4 is 0 Å². The molecule has 15 N–H and O–H groups in total. The number of aliphatic hydroxyl groups is 14. The number of hydrogen-bond acceptors (Lipinski definition) is 26. The van der Waals surface area contributed by atoms with Crippen molar-refractivity contribution < 1.29 is 133 Å². The molecule has 5 saturated carbocycles. The molecular weight excluding hydrogens is 1140 g/mol. The summed E-state index contributed by atoms with van der Waals surface area (Å²) in [6.45, 7) is 15.3. The Bertz CT molecular complexity index is 2410. The lowest BCUT2D eigenvalue weighted by Gasteiger charge is -2.75. The Balaban J connectivity index is 0.890. The van der Waals surface area contributed by atoms with E-state index in [2.05, 4.69) is 48.5 Å². The molecule has 6 heterocycles. The number of aliphatic hydroxyl groups excluding tert-OH is 14. The van der Waals surface area contributed by atoms with Gasteiger partial charge in [0.15, 0.2) is 37.6 Å². The third-order valence-electron chi connectivity index (χ3n) is 24.3. The van der Waals surface area contributed by atoms with E-state index >= 15 is 0 Å². The largest absolute Gasteiger partial charge is 0.479 e. The van der Waals surface area contributed by atoms with Crippen molar-refractivity contribution in [3.63, 3.8) is 0 Å². The molecule has 0 aromatic rings. The second-order valence-electron chi connectivity index (χ2n) is 29.4. The van der Waals surface area contributed by atoms with Gasteiger partial charge in [-0.1, -0.05) is 48.5 Å². The highest BCUT2D eigenvalue weighted by atomic mass is 16.8. The maximum absolute atomic E-state index is 13.6. The Hall–Kier alpha value is -1.53. The number of aliphatic carboxylic acids is 1. The number of ether oxygens (including phenoxy) is 11. The van der Waals surface area contributed by atoms with Gasteiger partial charge in [-0.3, -0.25) is 0 Å². The Kier molecular flexibility index (Phi) is 18.0. The number of rotatable bonds is 14. The monoisotopic (exact) mass is 1240 g/mol. The van der Waals surface area contributed by atoms with Gasteiger partial charge in [-0.15, -0.1) is 0 Å². The van der Waals surface area contributed by atoms with Crippen LogP contribution in [0.1, 0.15) is 120 Å². The SMILES string of the molecule is C[C@@H]1O[C@@H](O[C@H]2[C@H](O[C@H]3[C@H](O)[C@@H](O[C@@H]4O[C@H](CO)[C@@H](O[C@@H]5O[C@H](CO)[C@H](O)[C@H]5O)[C@H](O)[C@H]4O)[C@H](O[C@H]4CC[C@@]5(C)C(CC[C@]6(C)C5CC[C@]57OC[C@@]8(CCC(C)(C)CC85)[C@H](O)C[C@]76C)C4(C)C)O[C@@H]3C(=O)O)O[C@H](CO)[C@H](O)[C@@H]2O)[C@H](O)[C@H](O)[C@H]1O. The van der Waals surface area contributed by atoms with Gasteiger partial charge >= 0.3 is 5.97 Å². The number of carboxylic acids is 1. The first-order valence-corrected chi connectivity index (χ1v) is 31.0. The molecule has 1 spiro atoms. The number of carbonyl (C=O) groups is 1. The van der Waals surface area contributed by atoms with Crippen LogP contribution in [0.15, 0.2) is 0 Å². The fourth-order valence-electron chi connectivity index (χ4n) is 19.2. The third kappa shape index (κ3) is 10.1. The van der Waals surface area contributed by atoms with E-state index in [4.69, 9.17) is 52.1 Å². The summed E-state index contributed by atoms with van der Waals surface area (Å²) in [5.41, 5.74) is -2.12. The molecule has 2 bridgehead atoms. The zero-order chi connectivity index (χ0) is 62.5. The predicted molar refractivity (Wildman–Crippen MR) is 288 cm³/mol. The lowest BCUT2D eigenvalue weighted by Crippen LogP contribution is -2.74. The predicted octanol–water partition coefficient (Wildman–Crippen LogP) is -2.77. The summed E-state index contributed by atoms with van der Waals surface area (Å²) in [7, 11) is 0. The van der Waals surface area contributed by atoms with Crippen molar-refractivity contribution in [2.45, 2.75) is 285 Å². The minimum absolute atomic E-state index is 0.00730. The van der Waals surface area contributed by atoms with Gasteiger partial charge < -0.3 is 129 Å². The molecule has 11 fully saturated rings. The smallest absolute Gasteiger partial charge is 0.335 e. The lowest BCUT2D eigenvalue weighted by molar-refractivity contribution is -0.403. The van der Waals surface area contributed by atoms with Crippen molar-refractivity contribution in [3.05, 3.63) is 0 Å². The standard InChI is InChI=1S/C59H96O27/c1-23-32(64)35(67)39(71)48(77-23)84-44-36(68)33(65)24(19-60)79-51(44)83-43-41(73)45(85-50-40(72)37(69)42(26(21-62)80-50)82-49-38(70)34(66)25(20-61)78-49)52(86-46(43)47(74)75)81-31-11-12-55(6)27(54(31,4)5)9-13-56(7)28(55)10-14-59-29-17-53(2,3)15-16-58(29,22-76-59)30(63)18-57(56,59)8/h23-46,48-52,60-73H,9-22H2,1-8H3,(H,74,75)/t23-,24+,25+,26+,27?,28?,29?,30+,31-,32-,33-,34-,35+,36-,37+,38+,39+,40+,41-,42+,43-,44+,45+,46-,48-,49-,50-,51-,52+,55-,56+,57-,58+,59-/m0/s1. The van der Waals surface area contributed by atoms with Gasteiger partial charge in [-0.05, 0) is 111 Å². The average Bonchev–Trinajstić information content (AvgIpc) is 1.28. The summed E-state index contributed by atoms with van der Waals surface area (Å²) in [5.74, 6) is -1.31. The van der Waals surface area contributed by atoms with E-state index in [1.165, 1.54) is 6.92 Å². The summed E-state index contributed by atoms with van der Waals surface area (Å²) < 4.78 is 67.8. The molecular formula is C59H96O27. The molecule has 34 atom stereocenters. The van der Waals surface area contributed by atoms with Crippen LogP contribution in [0.4, 0.5) is 0 Å². The Labute approximate surface area is 499 Å². The highest BCUT2D eigenvalue weighted by Crippen LogP contribution is 2.80. The van der Waals surface area contributed by atoms with Crippen LogP contribution in [-0.4, -0.2) is 274 Å². The minimum atomic E-state index is -2.24. The third-order valence-corrected chi connectivity index (χ3v) is 24.3. The van der Waals surface area contributed by atoms with E-state index in [9.17, 15) is 81.4 Å². The second-order valence-corrected chi connectivity index (χ2v) is 29.4. The average molecular weight is 1240 g/mol. The lowest BCUT2D eigenvalue weighted by atomic mass is 9.30. The summed E-state index contributed by atoms with van der Waals surface area (Å²) in [6.07, 6.45) is -37.5. The van der Waals surface area contributed by atoms with Gasteiger partial charge in [0, 0.05) is 10.8 Å². The van der Waals surface area contributed by atoms with Gasteiger partial charge in [-0.25, -0.2) is 4.79 Å². The summed E-state index contributed by atoms with van der Waals surface area (Å²) >= 11 is 0. The molecule has 27 heteroatoms. The van der Waals surface area contributed by atoms with Gasteiger partial charge in [0.1, 0.15) is 104 Å². The maximum Gasteiger partial charge on any atom is 0.335 e. The van der Waals surface area contributed by atoms with E-state index in [1.54, 1.807) is 0 Å². The maximum atomic E-state index is 13.6. The van der Waals surface area contributed by atoms with Crippen molar-refractivity contribution in [3.8, 4) is 0 Å². The molecule has 0 radical (unpaired) electrons. The molecule has 494 valence electrons. The van der Waals surface area contributed by atoms with Crippen molar-refractivity contribution in [1.82, 2.24) is 0 Å². The van der Waals surface area contributed by atoms with Gasteiger partial charge in [0.25, 0.3) is 0 Å². The molecule has 11 rings (SSSR count). The first kappa shape index (κ1) is 65.9. The first-order valence-electron chi connectivity index (χ1n) is 31.0. The van der Waals surface area contributed by atoms with E-state index in [0.29, 0.717) is 25.9 Å². The van der Waals surface area contributed by atoms with Gasteiger partial charge in [0.05, 0.1) is 50.3 Å². The van der Waals surface area contributed by atoms with Crippen LogP contribution in [0, 0.1) is 50.2 Å². The molecule has 6 aliphatic heterocycles. The van der Waals surface area contributed by atoms with Crippen molar-refractivity contribution >= 4 is 5.97 Å². The summed E-state index contributed by atoms with van der Waals surface area (Å²) in [6, 6.07) is 0. The van der Waals surface area contributed by atoms with Crippen LogP contribution in [0.5, 0.6) is 0 Å². The Morgan fingerprint density at radius 2 is 1.00 bits per heavy atom. The highest BCUT2D eigenvalue weighted by molar-refractivity contribution is 5.73. The van der Waals surface area contributed by atoms with E-state index in [1.807, 2.05) is 0 Å². The molecule has 0 amide bonds. The molecule has 0 aromatic heterocycles. The number of fused-ring (bicyclic) bond motifs is 4. The van der Waals surface area contributed by atoms with Crippen LogP contribution in [-0.2, 0) is 56.9 Å². The Morgan fingerprint density at radius 1 is 0.477 bits per heavy atom. The fourth-order valence-corrected chi connectivity index (χ4v) is 19.2. The van der Waals surface area contributed by atoms with Crippen molar-refractivity contribution in [1.29, 1.82) is 0 Å². The van der Waals surface area contributed by atoms with E-state index in [-0.39, 0.29) is 50.4 Å². The van der Waals surface area contributed by atoms with E-state index < -0.39 is 191 Å². The normalized spacial score (nSPS) is 56.7. The van der Waals surface area contributed by atoms with Crippen LogP contribution >= 0.6 is 0 Å². The molecule has 6 saturated heterocycles. The molecule has 3 unspecified atom stereocenters. The van der Waals surface area contributed by atoms with Gasteiger partial charge in [0.2, 0.25) is 0 Å². The van der Waals surface area contributed by atoms with Crippen LogP contribution in [0.2, 0.25) is 0 Å². The highest BCUT2D eigenvalue weighted by Gasteiger charge is 2.80. The van der Waals surface area contributed by atoms with Crippen molar-refractivity contribution in [2.75, 3.05) is 26.4 Å². The molecule has 0 aromatic carbocycles.